The van der Waals surface area contributed by atoms with Gasteiger partial charge in [0.25, 0.3) is 0 Å². The number of amidine groups is 1. The number of nitrogens with two attached hydrogens (primary N) is 1. The predicted molar refractivity (Wildman–Crippen MR) is 99.1 cm³/mol. The Morgan fingerprint density at radius 2 is 1.96 bits per heavy atom. The van der Waals surface area contributed by atoms with Crippen molar-refractivity contribution in [1.82, 2.24) is 5.32 Å². The van der Waals surface area contributed by atoms with Gasteiger partial charge in [0.05, 0.1) is 18.8 Å². The van der Waals surface area contributed by atoms with Crippen molar-refractivity contribution in [3.63, 3.8) is 0 Å². The van der Waals surface area contributed by atoms with Crippen LogP contribution in [-0.4, -0.2) is 51.8 Å². The standard InChI is InChI=1S/C17H30N4O3/c1-6-15(17(23-7-2)24-8-3)12-20-14(4)21-16(11-18)13-19-9-10-22-5/h6,11-13,17H,1,7-10,18H2,2-5H3,(H,20,21)/b15-12+,16-11+,19-13?. The predicted octanol–water partition coefficient (Wildman–Crippen LogP) is 1.98. The van der Waals surface area contributed by atoms with Crippen molar-refractivity contribution in [2.45, 2.75) is 27.1 Å². The highest BCUT2D eigenvalue weighted by atomic mass is 16.7. The molecule has 0 bridgehead atoms. The molecule has 0 saturated heterocycles. The molecule has 7 nitrogen and oxygen atoms in total. The van der Waals surface area contributed by atoms with E-state index in [4.69, 9.17) is 19.9 Å². The summed E-state index contributed by atoms with van der Waals surface area (Å²) in [5.74, 6) is 0.649. The van der Waals surface area contributed by atoms with Gasteiger partial charge in [0.2, 0.25) is 0 Å². The number of hydrogen-bond donors (Lipinski definition) is 2. The zero-order valence-corrected chi connectivity index (χ0v) is 15.1. The number of rotatable bonds is 12. The number of methoxy groups -OCH3 is 1. The summed E-state index contributed by atoms with van der Waals surface area (Å²) in [7, 11) is 1.63. The fraction of sp³-hybridized carbons (Fsp3) is 0.529. The maximum absolute atomic E-state index is 5.57. The number of aliphatic imine (C=N–C) groups is 2. The number of ether oxygens (including phenoxy) is 3. The highest BCUT2D eigenvalue weighted by molar-refractivity contribution is 5.89. The van der Waals surface area contributed by atoms with Crippen LogP contribution >= 0.6 is 0 Å². The van der Waals surface area contributed by atoms with Crippen LogP contribution in [0, 0.1) is 0 Å². The molecule has 0 saturated carbocycles. The Morgan fingerprint density at radius 1 is 1.29 bits per heavy atom. The van der Waals surface area contributed by atoms with Gasteiger partial charge in [0.15, 0.2) is 6.29 Å². The van der Waals surface area contributed by atoms with Crippen LogP contribution in [0.25, 0.3) is 0 Å². The molecule has 3 N–H and O–H groups in total. The van der Waals surface area contributed by atoms with Crippen LogP contribution in [0.15, 0.2) is 46.3 Å². The molecule has 0 unspecified atom stereocenters. The van der Waals surface area contributed by atoms with Crippen LogP contribution in [0.2, 0.25) is 0 Å². The van der Waals surface area contributed by atoms with Crippen LogP contribution in [0.5, 0.6) is 0 Å². The first kappa shape index (κ1) is 22.0. The van der Waals surface area contributed by atoms with E-state index in [1.54, 1.807) is 25.6 Å². The monoisotopic (exact) mass is 338 g/mol. The van der Waals surface area contributed by atoms with Crippen molar-refractivity contribution in [3.05, 3.63) is 36.3 Å². The Morgan fingerprint density at radius 3 is 2.46 bits per heavy atom. The van der Waals surface area contributed by atoms with Crippen molar-refractivity contribution in [3.8, 4) is 0 Å². The van der Waals surface area contributed by atoms with E-state index in [0.717, 1.165) is 5.57 Å². The van der Waals surface area contributed by atoms with Crippen LogP contribution in [0.4, 0.5) is 0 Å². The molecule has 0 amide bonds. The van der Waals surface area contributed by atoms with Crippen molar-refractivity contribution in [2.75, 3.05) is 33.5 Å². The van der Waals surface area contributed by atoms with Gasteiger partial charge in [-0.05, 0) is 20.8 Å². The van der Waals surface area contributed by atoms with Crippen molar-refractivity contribution in [1.29, 1.82) is 0 Å². The van der Waals surface area contributed by atoms with E-state index in [1.807, 2.05) is 20.8 Å². The molecule has 24 heavy (non-hydrogen) atoms. The van der Waals surface area contributed by atoms with E-state index in [0.29, 0.717) is 37.9 Å². The number of nitrogens with one attached hydrogen (secondary N) is 1. The van der Waals surface area contributed by atoms with Gasteiger partial charge in [-0.3, -0.25) is 4.99 Å². The summed E-state index contributed by atoms with van der Waals surface area (Å²) in [4.78, 5) is 8.53. The summed E-state index contributed by atoms with van der Waals surface area (Å²) < 4.78 is 16.0. The van der Waals surface area contributed by atoms with Crippen LogP contribution in [-0.2, 0) is 14.2 Å². The molecule has 0 fully saturated rings. The van der Waals surface area contributed by atoms with E-state index in [-0.39, 0.29) is 0 Å². The van der Waals surface area contributed by atoms with E-state index in [2.05, 4.69) is 21.9 Å². The van der Waals surface area contributed by atoms with Gasteiger partial charge in [-0.1, -0.05) is 12.7 Å². The van der Waals surface area contributed by atoms with Gasteiger partial charge < -0.3 is 25.3 Å². The number of nitrogens with zero attached hydrogens (tertiary/aromatic N) is 2. The molecule has 0 aromatic rings. The fourth-order valence-corrected chi connectivity index (χ4v) is 1.59. The average molecular weight is 338 g/mol. The molecule has 0 atom stereocenters. The summed E-state index contributed by atoms with van der Waals surface area (Å²) in [6.45, 7) is 11.6. The minimum Gasteiger partial charge on any atom is -0.403 e. The van der Waals surface area contributed by atoms with Gasteiger partial charge in [-0.25, -0.2) is 4.99 Å². The molecular formula is C17H30N4O3. The first-order valence-electron chi connectivity index (χ1n) is 7.90. The summed E-state index contributed by atoms with van der Waals surface area (Å²) in [5.41, 5.74) is 6.96. The zero-order chi connectivity index (χ0) is 18.2. The van der Waals surface area contributed by atoms with Crippen LogP contribution < -0.4 is 11.1 Å². The van der Waals surface area contributed by atoms with Crippen LogP contribution in [0.1, 0.15) is 20.8 Å². The summed E-state index contributed by atoms with van der Waals surface area (Å²) in [6, 6.07) is 0. The molecule has 0 aliphatic carbocycles. The average Bonchev–Trinajstić information content (AvgIpc) is 2.58. The van der Waals surface area contributed by atoms with Gasteiger partial charge in [0.1, 0.15) is 5.84 Å². The lowest BCUT2D eigenvalue weighted by molar-refractivity contribution is -0.109. The SMILES string of the molecule is C=C/C(=C\N=C(C)N/C(C=NCCOC)=C/N)C(OCC)OCC. The molecule has 0 heterocycles. The molecule has 7 heteroatoms. The van der Waals surface area contributed by atoms with E-state index in [9.17, 15) is 0 Å². The summed E-state index contributed by atoms with van der Waals surface area (Å²) in [6.07, 6.45) is 5.91. The van der Waals surface area contributed by atoms with Gasteiger partial charge in [0, 0.05) is 44.5 Å². The lowest BCUT2D eigenvalue weighted by Crippen LogP contribution is -2.22. The third-order valence-electron chi connectivity index (χ3n) is 2.71. The number of allylic oxidation sites excluding steroid dienone is 1. The zero-order valence-electron chi connectivity index (χ0n) is 15.1. The highest BCUT2D eigenvalue weighted by Crippen LogP contribution is 2.10. The molecule has 0 radical (unpaired) electrons. The quantitative estimate of drug-likeness (QED) is 0.187. The molecule has 0 spiro atoms. The molecule has 0 aromatic heterocycles. The lowest BCUT2D eigenvalue weighted by Gasteiger charge is -2.17. The second kappa shape index (κ2) is 14.6. The third-order valence-corrected chi connectivity index (χ3v) is 2.71. The fourth-order valence-electron chi connectivity index (χ4n) is 1.59. The minimum absolute atomic E-state index is 0.478. The number of hydrogen-bond acceptors (Lipinski definition) is 6. The van der Waals surface area contributed by atoms with Gasteiger partial charge in [-0.2, -0.15) is 0 Å². The second-order valence-corrected chi connectivity index (χ2v) is 4.57. The molecule has 0 aliphatic rings. The van der Waals surface area contributed by atoms with E-state index in [1.165, 1.54) is 6.20 Å². The Hall–Kier alpha value is -1.96. The Bertz CT molecular complexity index is 464. The molecule has 136 valence electrons. The van der Waals surface area contributed by atoms with Crippen molar-refractivity contribution < 1.29 is 14.2 Å². The minimum atomic E-state index is -0.478. The Kier molecular flexibility index (Phi) is 13.4. The molecule has 0 aromatic carbocycles. The lowest BCUT2D eigenvalue weighted by atomic mass is 10.3. The molecular weight excluding hydrogens is 308 g/mol. The Balaban J connectivity index is 4.88. The van der Waals surface area contributed by atoms with Gasteiger partial charge in [-0.15, -0.1) is 0 Å². The van der Waals surface area contributed by atoms with E-state index >= 15 is 0 Å². The second-order valence-electron chi connectivity index (χ2n) is 4.57. The topological polar surface area (TPSA) is 90.5 Å². The van der Waals surface area contributed by atoms with Crippen molar-refractivity contribution in [2.24, 2.45) is 15.7 Å². The summed E-state index contributed by atoms with van der Waals surface area (Å²) in [5, 5.41) is 3.06. The Labute approximate surface area is 145 Å². The highest BCUT2D eigenvalue weighted by Gasteiger charge is 2.11. The first-order valence-corrected chi connectivity index (χ1v) is 7.90. The normalized spacial score (nSPS) is 13.8. The molecule has 0 rings (SSSR count). The maximum Gasteiger partial charge on any atom is 0.185 e. The largest absolute Gasteiger partial charge is 0.403 e. The summed E-state index contributed by atoms with van der Waals surface area (Å²) >= 11 is 0. The smallest absolute Gasteiger partial charge is 0.185 e. The van der Waals surface area contributed by atoms with Crippen LogP contribution in [0.3, 0.4) is 0 Å². The van der Waals surface area contributed by atoms with E-state index < -0.39 is 6.29 Å². The first-order chi connectivity index (χ1) is 11.6. The molecule has 0 aliphatic heterocycles. The van der Waals surface area contributed by atoms with Gasteiger partial charge >= 0.3 is 0 Å². The maximum atomic E-state index is 5.57. The van der Waals surface area contributed by atoms with Crippen molar-refractivity contribution >= 4 is 12.1 Å². The third kappa shape index (κ3) is 9.94.